The van der Waals surface area contributed by atoms with Gasteiger partial charge in [0.15, 0.2) is 9.84 Å². The molecule has 0 aromatic heterocycles. The molecule has 0 aliphatic carbocycles. The van der Waals surface area contributed by atoms with E-state index in [0.717, 1.165) is 12.1 Å². The summed E-state index contributed by atoms with van der Waals surface area (Å²) in [7, 11) is -3.82. The molecule has 0 spiro atoms. The maximum Gasteiger partial charge on any atom is 0.184 e. The van der Waals surface area contributed by atoms with E-state index in [1.54, 1.807) is 6.07 Å². The average Bonchev–Trinajstić information content (AvgIpc) is 2.35. The van der Waals surface area contributed by atoms with Crippen molar-refractivity contribution in [3.63, 3.8) is 0 Å². The standard InChI is InChI=1S/C13H10BrF2NO2S/c14-9-2-4-12(17)13(5-9)20(18,19)7-8-1-3-10(15)6-11(8)16/h1-6H,7,17H2. The molecule has 20 heavy (non-hydrogen) atoms. The molecule has 0 heterocycles. The third-order valence-corrected chi connectivity index (χ3v) is 4.88. The van der Waals surface area contributed by atoms with E-state index in [-0.39, 0.29) is 16.1 Å². The van der Waals surface area contributed by atoms with Crippen LogP contribution in [-0.2, 0) is 15.6 Å². The first-order chi connectivity index (χ1) is 9.29. The SMILES string of the molecule is Nc1ccc(Br)cc1S(=O)(=O)Cc1ccc(F)cc1F. The Labute approximate surface area is 123 Å². The molecule has 0 saturated heterocycles. The molecule has 3 nitrogen and oxygen atoms in total. The van der Waals surface area contributed by atoms with Gasteiger partial charge in [-0.3, -0.25) is 0 Å². The van der Waals surface area contributed by atoms with E-state index in [9.17, 15) is 17.2 Å². The molecule has 0 radical (unpaired) electrons. The van der Waals surface area contributed by atoms with Crippen molar-refractivity contribution in [2.24, 2.45) is 0 Å². The van der Waals surface area contributed by atoms with Gasteiger partial charge in [0.1, 0.15) is 11.6 Å². The third kappa shape index (κ3) is 3.16. The molecule has 0 bridgehead atoms. The van der Waals surface area contributed by atoms with E-state index >= 15 is 0 Å². The fourth-order valence-corrected chi connectivity index (χ4v) is 3.74. The average molecular weight is 362 g/mol. The molecule has 0 unspecified atom stereocenters. The molecule has 0 amide bonds. The van der Waals surface area contributed by atoms with Crippen LogP contribution in [0.1, 0.15) is 5.56 Å². The fourth-order valence-electron chi connectivity index (χ4n) is 1.70. The summed E-state index contributed by atoms with van der Waals surface area (Å²) in [6.07, 6.45) is 0. The van der Waals surface area contributed by atoms with E-state index in [4.69, 9.17) is 5.73 Å². The van der Waals surface area contributed by atoms with Crippen LogP contribution in [0.5, 0.6) is 0 Å². The molecule has 106 valence electrons. The minimum atomic E-state index is -3.82. The number of rotatable bonds is 3. The van der Waals surface area contributed by atoms with Gasteiger partial charge in [-0.2, -0.15) is 0 Å². The lowest BCUT2D eigenvalue weighted by atomic mass is 10.2. The van der Waals surface area contributed by atoms with Gasteiger partial charge < -0.3 is 5.73 Å². The number of anilines is 1. The normalized spacial score (nSPS) is 11.6. The number of nitrogens with two attached hydrogens (primary N) is 1. The van der Waals surface area contributed by atoms with Gasteiger partial charge in [0.05, 0.1) is 16.3 Å². The summed E-state index contributed by atoms with van der Waals surface area (Å²) in [5.74, 6) is -2.24. The van der Waals surface area contributed by atoms with Crippen molar-refractivity contribution in [2.75, 3.05) is 5.73 Å². The lowest BCUT2D eigenvalue weighted by Gasteiger charge is -2.09. The second kappa shape index (κ2) is 5.49. The first kappa shape index (κ1) is 14.9. The highest BCUT2D eigenvalue weighted by Crippen LogP contribution is 2.26. The number of benzene rings is 2. The van der Waals surface area contributed by atoms with Crippen molar-refractivity contribution in [3.05, 3.63) is 58.1 Å². The van der Waals surface area contributed by atoms with Crippen molar-refractivity contribution in [2.45, 2.75) is 10.6 Å². The summed E-state index contributed by atoms with van der Waals surface area (Å²) in [4.78, 5) is -0.0874. The molecule has 2 aromatic rings. The second-order valence-corrected chi connectivity index (χ2v) is 7.05. The van der Waals surface area contributed by atoms with Crippen molar-refractivity contribution in [1.82, 2.24) is 0 Å². The smallest absolute Gasteiger partial charge is 0.184 e. The van der Waals surface area contributed by atoms with Crippen molar-refractivity contribution >= 4 is 31.5 Å². The number of hydrogen-bond donors (Lipinski definition) is 1. The van der Waals surface area contributed by atoms with Gasteiger partial charge in [-0.25, -0.2) is 17.2 Å². The largest absolute Gasteiger partial charge is 0.398 e. The molecule has 0 saturated carbocycles. The molecule has 2 N–H and O–H groups in total. The highest BCUT2D eigenvalue weighted by Gasteiger charge is 2.20. The second-order valence-electron chi connectivity index (χ2n) is 4.18. The predicted octanol–water partition coefficient (Wildman–Crippen LogP) is 3.28. The highest BCUT2D eigenvalue weighted by atomic mass is 79.9. The predicted molar refractivity (Wildman–Crippen MR) is 75.8 cm³/mol. The highest BCUT2D eigenvalue weighted by molar-refractivity contribution is 9.10. The Morgan fingerprint density at radius 3 is 2.45 bits per heavy atom. The fraction of sp³-hybridized carbons (Fsp3) is 0.0769. The summed E-state index contributed by atoms with van der Waals surface area (Å²) in [5, 5.41) is 0. The van der Waals surface area contributed by atoms with E-state index in [0.29, 0.717) is 10.5 Å². The maximum absolute atomic E-state index is 13.5. The quantitative estimate of drug-likeness (QED) is 0.853. The van der Waals surface area contributed by atoms with E-state index < -0.39 is 27.2 Å². The van der Waals surface area contributed by atoms with Crippen LogP contribution in [0.25, 0.3) is 0 Å². The molecule has 0 atom stereocenters. The number of sulfone groups is 1. The van der Waals surface area contributed by atoms with Crippen LogP contribution in [0.4, 0.5) is 14.5 Å². The Hall–Kier alpha value is -1.47. The monoisotopic (exact) mass is 361 g/mol. The summed E-state index contributed by atoms with van der Waals surface area (Å²) >= 11 is 3.15. The zero-order chi connectivity index (χ0) is 14.9. The van der Waals surface area contributed by atoms with Crippen LogP contribution in [-0.4, -0.2) is 8.42 Å². The zero-order valence-corrected chi connectivity index (χ0v) is 12.5. The van der Waals surface area contributed by atoms with Gasteiger partial charge in [0, 0.05) is 16.1 Å². The Balaban J connectivity index is 2.43. The van der Waals surface area contributed by atoms with E-state index in [1.807, 2.05) is 0 Å². The molecule has 0 fully saturated rings. The Kier molecular flexibility index (Phi) is 4.10. The molecule has 7 heteroatoms. The zero-order valence-electron chi connectivity index (χ0n) is 10.1. The van der Waals surface area contributed by atoms with Crippen molar-refractivity contribution in [3.8, 4) is 0 Å². The van der Waals surface area contributed by atoms with E-state index in [1.165, 1.54) is 12.1 Å². The van der Waals surface area contributed by atoms with Gasteiger partial charge in [0.25, 0.3) is 0 Å². The summed E-state index contributed by atoms with van der Waals surface area (Å²) in [6.45, 7) is 0. The van der Waals surface area contributed by atoms with Crippen LogP contribution in [0.2, 0.25) is 0 Å². The molecule has 0 aliphatic heterocycles. The summed E-state index contributed by atoms with van der Waals surface area (Å²) in [5.41, 5.74) is 5.61. The van der Waals surface area contributed by atoms with E-state index in [2.05, 4.69) is 15.9 Å². The maximum atomic E-state index is 13.5. The van der Waals surface area contributed by atoms with Gasteiger partial charge in [0.2, 0.25) is 0 Å². The topological polar surface area (TPSA) is 60.2 Å². The van der Waals surface area contributed by atoms with Gasteiger partial charge in [-0.05, 0) is 24.3 Å². The lowest BCUT2D eigenvalue weighted by molar-refractivity contribution is 0.569. The molecular weight excluding hydrogens is 352 g/mol. The molecule has 2 rings (SSSR count). The lowest BCUT2D eigenvalue weighted by Crippen LogP contribution is -2.09. The number of halogens is 3. The van der Waals surface area contributed by atoms with Crippen LogP contribution in [0.3, 0.4) is 0 Å². The minimum absolute atomic E-state index is 0.0794. The number of hydrogen-bond acceptors (Lipinski definition) is 3. The summed E-state index contributed by atoms with van der Waals surface area (Å²) < 4.78 is 51.4. The first-order valence-corrected chi connectivity index (χ1v) is 7.96. The van der Waals surface area contributed by atoms with Gasteiger partial charge in [-0.1, -0.05) is 22.0 Å². The Bertz CT molecular complexity index is 763. The third-order valence-electron chi connectivity index (χ3n) is 2.67. The van der Waals surface area contributed by atoms with Gasteiger partial charge in [-0.15, -0.1) is 0 Å². The molecule has 2 aromatic carbocycles. The van der Waals surface area contributed by atoms with Crippen LogP contribution in [0, 0.1) is 11.6 Å². The first-order valence-electron chi connectivity index (χ1n) is 5.51. The Morgan fingerprint density at radius 1 is 1.10 bits per heavy atom. The molecule has 0 aliphatic rings. The Morgan fingerprint density at radius 2 is 1.80 bits per heavy atom. The van der Waals surface area contributed by atoms with Crippen molar-refractivity contribution < 1.29 is 17.2 Å². The van der Waals surface area contributed by atoms with Gasteiger partial charge >= 0.3 is 0 Å². The van der Waals surface area contributed by atoms with Crippen molar-refractivity contribution in [1.29, 1.82) is 0 Å². The number of nitrogen functional groups attached to an aromatic ring is 1. The molecular formula is C13H10BrF2NO2S. The van der Waals surface area contributed by atoms with Crippen LogP contribution < -0.4 is 5.73 Å². The van der Waals surface area contributed by atoms with Crippen LogP contribution >= 0.6 is 15.9 Å². The minimum Gasteiger partial charge on any atom is -0.398 e. The summed E-state index contributed by atoms with van der Waals surface area (Å²) in [6, 6.07) is 7.17. The van der Waals surface area contributed by atoms with Crippen LogP contribution in [0.15, 0.2) is 45.8 Å².